The fourth-order valence-corrected chi connectivity index (χ4v) is 2.28. The molecule has 1 amide bonds. The monoisotopic (exact) mass is 309 g/mol. The van der Waals surface area contributed by atoms with E-state index in [1.54, 1.807) is 0 Å². The average Bonchev–Trinajstić information content (AvgIpc) is 2.85. The molecular formula is C12H18F3N3OS. The van der Waals surface area contributed by atoms with Gasteiger partial charge in [0.2, 0.25) is 5.91 Å². The van der Waals surface area contributed by atoms with E-state index in [2.05, 4.69) is 10.3 Å². The second-order valence-electron chi connectivity index (χ2n) is 4.58. The summed E-state index contributed by atoms with van der Waals surface area (Å²) in [6, 6.07) is -0.595. The van der Waals surface area contributed by atoms with Crippen molar-refractivity contribution in [2.24, 2.45) is 11.7 Å². The van der Waals surface area contributed by atoms with Gasteiger partial charge < -0.3 is 11.1 Å². The summed E-state index contributed by atoms with van der Waals surface area (Å²) in [5.74, 6) is -0.223. The molecule has 3 N–H and O–H groups in total. The van der Waals surface area contributed by atoms with Crippen LogP contribution in [-0.2, 0) is 17.4 Å². The first-order valence-electron chi connectivity index (χ1n) is 6.30. The van der Waals surface area contributed by atoms with Crippen molar-refractivity contribution < 1.29 is 18.0 Å². The maximum absolute atomic E-state index is 12.3. The highest BCUT2D eigenvalue weighted by atomic mass is 32.1. The Balaban J connectivity index is 2.41. The topological polar surface area (TPSA) is 68.0 Å². The second kappa shape index (κ2) is 7.03. The molecule has 2 unspecified atom stereocenters. The number of aromatic nitrogens is 1. The van der Waals surface area contributed by atoms with Crippen LogP contribution in [0, 0.1) is 5.92 Å². The highest BCUT2D eigenvalue weighted by Crippen LogP contribution is 2.29. The van der Waals surface area contributed by atoms with Gasteiger partial charge in [-0.05, 0) is 5.92 Å². The summed E-state index contributed by atoms with van der Waals surface area (Å²) in [6.07, 6.45) is -3.37. The molecule has 0 aliphatic rings. The van der Waals surface area contributed by atoms with Crippen molar-refractivity contribution in [2.75, 3.05) is 6.54 Å². The van der Waals surface area contributed by atoms with Crippen LogP contribution in [0.4, 0.5) is 13.2 Å². The van der Waals surface area contributed by atoms with Crippen LogP contribution < -0.4 is 11.1 Å². The van der Waals surface area contributed by atoms with E-state index >= 15 is 0 Å². The van der Waals surface area contributed by atoms with Crippen molar-refractivity contribution in [1.29, 1.82) is 0 Å². The van der Waals surface area contributed by atoms with Gasteiger partial charge in [-0.15, -0.1) is 11.3 Å². The number of alkyl halides is 3. The van der Waals surface area contributed by atoms with E-state index in [0.717, 1.165) is 23.1 Å². The Morgan fingerprint density at radius 1 is 1.55 bits per heavy atom. The lowest BCUT2D eigenvalue weighted by atomic mass is 9.99. The maximum Gasteiger partial charge on any atom is 0.434 e. The number of hydrogen-bond acceptors (Lipinski definition) is 4. The fourth-order valence-electron chi connectivity index (χ4n) is 1.48. The van der Waals surface area contributed by atoms with Gasteiger partial charge in [-0.1, -0.05) is 20.3 Å². The number of carbonyl (C=O) groups is 1. The number of halogens is 3. The Hall–Kier alpha value is -1.15. The molecule has 0 saturated carbocycles. The Kier molecular flexibility index (Phi) is 5.94. The van der Waals surface area contributed by atoms with Crippen LogP contribution in [0.25, 0.3) is 0 Å². The van der Waals surface area contributed by atoms with Crippen molar-refractivity contribution in [1.82, 2.24) is 10.3 Å². The van der Waals surface area contributed by atoms with E-state index in [-0.39, 0.29) is 24.8 Å². The minimum absolute atomic E-state index is 0.0618. The summed E-state index contributed by atoms with van der Waals surface area (Å²) < 4.78 is 37.0. The molecule has 0 aromatic carbocycles. The Morgan fingerprint density at radius 2 is 2.20 bits per heavy atom. The van der Waals surface area contributed by atoms with Crippen molar-refractivity contribution >= 4 is 17.2 Å². The minimum Gasteiger partial charge on any atom is -0.354 e. The molecule has 0 aliphatic heterocycles. The molecule has 0 bridgehead atoms. The van der Waals surface area contributed by atoms with Gasteiger partial charge in [0.15, 0.2) is 5.69 Å². The van der Waals surface area contributed by atoms with Crippen molar-refractivity contribution in [3.63, 3.8) is 0 Å². The Morgan fingerprint density at radius 3 is 2.70 bits per heavy atom. The first kappa shape index (κ1) is 16.9. The van der Waals surface area contributed by atoms with E-state index in [1.807, 2.05) is 13.8 Å². The first-order valence-corrected chi connectivity index (χ1v) is 7.18. The van der Waals surface area contributed by atoms with Crippen LogP contribution in [0.5, 0.6) is 0 Å². The van der Waals surface area contributed by atoms with Gasteiger partial charge in [0.25, 0.3) is 0 Å². The smallest absolute Gasteiger partial charge is 0.354 e. The molecule has 0 saturated heterocycles. The van der Waals surface area contributed by atoms with Crippen LogP contribution in [0.2, 0.25) is 0 Å². The number of nitrogens with one attached hydrogen (secondary N) is 1. The van der Waals surface area contributed by atoms with Crippen LogP contribution in [0.1, 0.15) is 31.0 Å². The van der Waals surface area contributed by atoms with Crippen LogP contribution >= 0.6 is 11.3 Å². The summed E-state index contributed by atoms with van der Waals surface area (Å²) in [6.45, 7) is 4.04. The van der Waals surface area contributed by atoms with E-state index < -0.39 is 17.9 Å². The average molecular weight is 309 g/mol. The van der Waals surface area contributed by atoms with E-state index in [9.17, 15) is 18.0 Å². The molecule has 1 aromatic rings. The third-order valence-corrected chi connectivity index (χ3v) is 3.95. The van der Waals surface area contributed by atoms with Gasteiger partial charge in [0.1, 0.15) is 0 Å². The molecule has 8 heteroatoms. The summed E-state index contributed by atoms with van der Waals surface area (Å²) in [5, 5.41) is 3.93. The Labute approximate surface area is 119 Å². The summed E-state index contributed by atoms with van der Waals surface area (Å²) in [5.41, 5.74) is 4.85. The van der Waals surface area contributed by atoms with Gasteiger partial charge >= 0.3 is 6.18 Å². The van der Waals surface area contributed by atoms with Gasteiger partial charge in [-0.3, -0.25) is 4.79 Å². The standard InChI is InChI=1S/C12H18F3N3OS/c1-3-7(2)10(16)11(19)17-5-4-9-18-8(6-20-9)12(13,14)15/h6-7,10H,3-5,16H2,1-2H3,(H,17,19). The zero-order valence-electron chi connectivity index (χ0n) is 11.3. The number of amides is 1. The minimum atomic E-state index is -4.42. The molecule has 0 spiro atoms. The van der Waals surface area contributed by atoms with E-state index in [0.29, 0.717) is 5.01 Å². The van der Waals surface area contributed by atoms with Crippen molar-refractivity contribution in [3.05, 3.63) is 16.1 Å². The molecule has 1 aromatic heterocycles. The zero-order valence-corrected chi connectivity index (χ0v) is 12.1. The third kappa shape index (κ3) is 4.75. The van der Waals surface area contributed by atoms with Crippen molar-refractivity contribution in [2.45, 2.75) is 38.9 Å². The number of nitrogens with two attached hydrogens (primary N) is 1. The highest BCUT2D eigenvalue weighted by molar-refractivity contribution is 7.09. The van der Waals surface area contributed by atoms with Crippen LogP contribution in [-0.4, -0.2) is 23.5 Å². The third-order valence-electron chi connectivity index (χ3n) is 3.04. The quantitative estimate of drug-likeness (QED) is 0.846. The first-order chi connectivity index (χ1) is 9.25. The zero-order chi connectivity index (χ0) is 15.3. The van der Waals surface area contributed by atoms with E-state index in [4.69, 9.17) is 5.73 Å². The lowest BCUT2D eigenvalue weighted by Gasteiger charge is -2.17. The molecule has 1 rings (SSSR count). The predicted octanol–water partition coefficient (Wildman–Crippen LogP) is 2.19. The van der Waals surface area contributed by atoms with Crippen LogP contribution in [0.15, 0.2) is 5.38 Å². The number of carbonyl (C=O) groups excluding carboxylic acids is 1. The molecule has 20 heavy (non-hydrogen) atoms. The lowest BCUT2D eigenvalue weighted by Crippen LogP contribution is -2.45. The largest absolute Gasteiger partial charge is 0.434 e. The molecule has 0 fully saturated rings. The summed E-state index contributed by atoms with van der Waals surface area (Å²) >= 11 is 0.934. The van der Waals surface area contributed by atoms with Gasteiger partial charge in [0.05, 0.1) is 11.0 Å². The molecule has 114 valence electrons. The number of nitrogens with zero attached hydrogens (tertiary/aromatic N) is 1. The second-order valence-corrected chi connectivity index (χ2v) is 5.52. The van der Waals surface area contributed by atoms with E-state index in [1.165, 1.54) is 0 Å². The molecular weight excluding hydrogens is 291 g/mol. The molecule has 0 radical (unpaired) electrons. The normalized spacial score (nSPS) is 14.9. The molecule has 4 nitrogen and oxygen atoms in total. The lowest BCUT2D eigenvalue weighted by molar-refractivity contribution is -0.140. The van der Waals surface area contributed by atoms with Gasteiger partial charge in [-0.2, -0.15) is 13.2 Å². The van der Waals surface area contributed by atoms with Gasteiger partial charge in [0, 0.05) is 18.3 Å². The SMILES string of the molecule is CCC(C)C(N)C(=O)NCCc1nc(C(F)(F)F)cs1. The molecule has 0 aliphatic carbocycles. The molecule has 2 atom stereocenters. The summed E-state index contributed by atoms with van der Waals surface area (Å²) in [4.78, 5) is 15.2. The highest BCUT2D eigenvalue weighted by Gasteiger charge is 2.33. The number of thiazole rings is 1. The number of rotatable bonds is 6. The number of hydrogen-bond donors (Lipinski definition) is 2. The molecule has 1 heterocycles. The summed E-state index contributed by atoms with van der Waals surface area (Å²) in [7, 11) is 0. The fraction of sp³-hybridized carbons (Fsp3) is 0.667. The maximum atomic E-state index is 12.3. The predicted molar refractivity (Wildman–Crippen MR) is 71.3 cm³/mol. The van der Waals surface area contributed by atoms with Crippen molar-refractivity contribution in [3.8, 4) is 0 Å². The van der Waals surface area contributed by atoms with Crippen LogP contribution in [0.3, 0.4) is 0 Å². The van der Waals surface area contributed by atoms with Gasteiger partial charge in [-0.25, -0.2) is 4.98 Å². The Bertz CT molecular complexity index is 447.